The van der Waals surface area contributed by atoms with Gasteiger partial charge in [-0.25, -0.2) is 4.39 Å². The van der Waals surface area contributed by atoms with E-state index in [4.69, 9.17) is 0 Å². The van der Waals surface area contributed by atoms with Crippen molar-refractivity contribution in [3.05, 3.63) is 107 Å². The van der Waals surface area contributed by atoms with Gasteiger partial charge in [-0.3, -0.25) is 9.59 Å². The summed E-state index contributed by atoms with van der Waals surface area (Å²) < 4.78 is 14.5. The van der Waals surface area contributed by atoms with E-state index in [2.05, 4.69) is 10.6 Å². The fourth-order valence-corrected chi connectivity index (χ4v) is 4.75. The number of carbonyl (C=O) groups is 2. The summed E-state index contributed by atoms with van der Waals surface area (Å²) in [5.74, 6) is -0.934. The average Bonchev–Trinajstić information content (AvgIpc) is 2.85. The molecule has 0 radical (unpaired) electrons. The van der Waals surface area contributed by atoms with Gasteiger partial charge in [0.2, 0.25) is 11.8 Å². The maximum absolute atomic E-state index is 14.5. The Morgan fingerprint density at radius 2 is 1.67 bits per heavy atom. The second-order valence-electron chi connectivity index (χ2n) is 9.31. The van der Waals surface area contributed by atoms with Gasteiger partial charge in [-0.15, -0.1) is 0 Å². The molecule has 1 heterocycles. The van der Waals surface area contributed by atoms with Crippen molar-refractivity contribution in [3.8, 4) is 0 Å². The first-order chi connectivity index (χ1) is 17.4. The van der Waals surface area contributed by atoms with Crippen LogP contribution in [0.1, 0.15) is 29.2 Å². The molecular formula is C29H32FN3O3. The van der Waals surface area contributed by atoms with E-state index in [1.54, 1.807) is 4.90 Å². The van der Waals surface area contributed by atoms with E-state index in [1.165, 1.54) is 19.1 Å². The van der Waals surface area contributed by atoms with E-state index >= 15 is 0 Å². The van der Waals surface area contributed by atoms with Crippen molar-refractivity contribution in [1.29, 1.82) is 0 Å². The van der Waals surface area contributed by atoms with Crippen LogP contribution in [0.15, 0.2) is 78.9 Å². The summed E-state index contributed by atoms with van der Waals surface area (Å²) in [4.78, 5) is 27.0. The number of aliphatic hydroxyl groups excluding tert-OH is 1. The predicted molar refractivity (Wildman–Crippen MR) is 137 cm³/mol. The SMILES string of the molecule is CC(=O)N[C@@H](Cc1cc(F)cc(Cc2ccccc2)c1)C(O)C1NCCN(Cc2ccccc2)C1=O. The highest BCUT2D eigenvalue weighted by atomic mass is 19.1. The first-order valence-corrected chi connectivity index (χ1v) is 12.2. The molecule has 2 unspecified atom stereocenters. The molecule has 36 heavy (non-hydrogen) atoms. The Bertz CT molecular complexity index is 1170. The second kappa shape index (κ2) is 11.9. The number of nitrogens with one attached hydrogen (secondary N) is 2. The lowest BCUT2D eigenvalue weighted by Gasteiger charge is -2.38. The maximum Gasteiger partial charge on any atom is 0.242 e. The van der Waals surface area contributed by atoms with E-state index in [0.29, 0.717) is 31.6 Å². The van der Waals surface area contributed by atoms with Crippen LogP contribution >= 0.6 is 0 Å². The van der Waals surface area contributed by atoms with Gasteiger partial charge in [-0.2, -0.15) is 0 Å². The van der Waals surface area contributed by atoms with E-state index < -0.39 is 18.2 Å². The van der Waals surface area contributed by atoms with Crippen molar-refractivity contribution in [2.75, 3.05) is 13.1 Å². The van der Waals surface area contributed by atoms with E-state index in [9.17, 15) is 19.1 Å². The number of piperazine rings is 1. The van der Waals surface area contributed by atoms with Crippen LogP contribution in [0.2, 0.25) is 0 Å². The van der Waals surface area contributed by atoms with Crippen molar-refractivity contribution < 1.29 is 19.1 Å². The summed E-state index contributed by atoms with van der Waals surface area (Å²) in [5.41, 5.74) is 3.50. The Hall–Kier alpha value is -3.55. The van der Waals surface area contributed by atoms with Crippen molar-refractivity contribution in [2.24, 2.45) is 0 Å². The fraction of sp³-hybridized carbons (Fsp3) is 0.310. The van der Waals surface area contributed by atoms with E-state index in [0.717, 1.165) is 16.7 Å². The molecule has 0 aromatic heterocycles. The van der Waals surface area contributed by atoms with Gasteiger partial charge in [0.25, 0.3) is 0 Å². The lowest BCUT2D eigenvalue weighted by atomic mass is 9.92. The first kappa shape index (κ1) is 25.5. The standard InChI is InChI=1S/C29H32FN3O3/c1-20(34)32-26(18-24-15-23(16-25(30)17-24)14-21-8-4-2-5-9-21)28(35)27-29(36)33(13-12-31-27)19-22-10-6-3-7-11-22/h2-11,15-17,26-28,31,35H,12-14,18-19H2,1H3,(H,32,34)/t26-,27?,28?/m0/s1. The van der Waals surface area contributed by atoms with Crippen LogP contribution in [0.5, 0.6) is 0 Å². The van der Waals surface area contributed by atoms with Gasteiger partial charge in [-0.1, -0.05) is 66.7 Å². The average molecular weight is 490 g/mol. The monoisotopic (exact) mass is 489 g/mol. The van der Waals surface area contributed by atoms with Crippen LogP contribution in [0.3, 0.4) is 0 Å². The number of hydrogen-bond donors (Lipinski definition) is 3. The highest BCUT2D eigenvalue weighted by molar-refractivity contribution is 5.83. The van der Waals surface area contributed by atoms with Crippen LogP contribution in [0.4, 0.5) is 4.39 Å². The van der Waals surface area contributed by atoms with Crippen molar-refractivity contribution in [1.82, 2.24) is 15.5 Å². The summed E-state index contributed by atoms with van der Waals surface area (Å²) >= 11 is 0. The molecule has 0 spiro atoms. The molecule has 3 atom stereocenters. The molecule has 188 valence electrons. The number of hydrogen-bond acceptors (Lipinski definition) is 4. The van der Waals surface area contributed by atoms with Crippen LogP contribution in [0.25, 0.3) is 0 Å². The Kier molecular flexibility index (Phi) is 8.46. The molecular weight excluding hydrogens is 457 g/mol. The summed E-state index contributed by atoms with van der Waals surface area (Å²) in [6, 6.07) is 22.6. The quantitative estimate of drug-likeness (QED) is 0.432. The highest BCUT2D eigenvalue weighted by Gasteiger charge is 2.38. The van der Waals surface area contributed by atoms with Gasteiger partial charge in [0, 0.05) is 26.6 Å². The molecule has 0 saturated carbocycles. The van der Waals surface area contributed by atoms with Crippen LogP contribution < -0.4 is 10.6 Å². The number of amides is 2. The zero-order valence-corrected chi connectivity index (χ0v) is 20.4. The van der Waals surface area contributed by atoms with E-state index in [1.807, 2.05) is 66.7 Å². The third-order valence-electron chi connectivity index (χ3n) is 6.41. The van der Waals surface area contributed by atoms with E-state index in [-0.39, 0.29) is 24.1 Å². The van der Waals surface area contributed by atoms with Crippen molar-refractivity contribution >= 4 is 11.8 Å². The summed E-state index contributed by atoms with van der Waals surface area (Å²) in [6.07, 6.45) is -0.443. The summed E-state index contributed by atoms with van der Waals surface area (Å²) in [6.45, 7) is 2.86. The number of benzene rings is 3. The highest BCUT2D eigenvalue weighted by Crippen LogP contribution is 2.19. The molecule has 0 aliphatic carbocycles. The molecule has 3 aromatic rings. The number of rotatable bonds is 9. The number of carbonyl (C=O) groups excluding carboxylic acids is 2. The lowest BCUT2D eigenvalue weighted by molar-refractivity contribution is -0.141. The molecule has 7 heteroatoms. The zero-order valence-electron chi connectivity index (χ0n) is 20.4. The molecule has 0 bridgehead atoms. The number of aliphatic hydroxyl groups is 1. The second-order valence-corrected chi connectivity index (χ2v) is 9.31. The minimum Gasteiger partial charge on any atom is -0.389 e. The van der Waals surface area contributed by atoms with Gasteiger partial charge in [0.05, 0.1) is 12.1 Å². The van der Waals surface area contributed by atoms with Gasteiger partial charge < -0.3 is 20.6 Å². The smallest absolute Gasteiger partial charge is 0.242 e. The first-order valence-electron chi connectivity index (χ1n) is 12.2. The molecule has 6 nitrogen and oxygen atoms in total. The minimum atomic E-state index is -1.19. The van der Waals surface area contributed by atoms with Crippen LogP contribution in [-0.4, -0.2) is 53.1 Å². The Balaban J connectivity index is 1.50. The Morgan fingerprint density at radius 3 is 2.33 bits per heavy atom. The predicted octanol–water partition coefficient (Wildman–Crippen LogP) is 2.83. The molecule has 3 aromatic carbocycles. The van der Waals surface area contributed by atoms with Gasteiger partial charge in [0.15, 0.2) is 0 Å². The van der Waals surface area contributed by atoms with Crippen molar-refractivity contribution in [3.63, 3.8) is 0 Å². The van der Waals surface area contributed by atoms with Crippen LogP contribution in [-0.2, 0) is 29.0 Å². The summed E-state index contributed by atoms with van der Waals surface area (Å²) in [5, 5.41) is 17.1. The van der Waals surface area contributed by atoms with Crippen LogP contribution in [0, 0.1) is 5.82 Å². The minimum absolute atomic E-state index is 0.185. The third-order valence-corrected chi connectivity index (χ3v) is 6.41. The summed E-state index contributed by atoms with van der Waals surface area (Å²) in [7, 11) is 0. The molecule has 1 aliphatic rings. The number of nitrogens with zero attached hydrogens (tertiary/aromatic N) is 1. The molecule has 1 saturated heterocycles. The van der Waals surface area contributed by atoms with Gasteiger partial charge in [0.1, 0.15) is 11.9 Å². The molecule has 1 fully saturated rings. The maximum atomic E-state index is 14.5. The van der Waals surface area contributed by atoms with Crippen molar-refractivity contribution in [2.45, 2.75) is 44.5 Å². The Labute approximate surface area is 211 Å². The molecule has 4 rings (SSSR count). The fourth-order valence-electron chi connectivity index (χ4n) is 4.75. The zero-order chi connectivity index (χ0) is 25.5. The largest absolute Gasteiger partial charge is 0.389 e. The topological polar surface area (TPSA) is 81.7 Å². The molecule has 2 amide bonds. The normalized spacial score (nSPS) is 17.5. The lowest BCUT2D eigenvalue weighted by Crippen LogP contribution is -2.63. The van der Waals surface area contributed by atoms with Gasteiger partial charge >= 0.3 is 0 Å². The Morgan fingerprint density at radius 1 is 1.03 bits per heavy atom. The molecule has 3 N–H and O–H groups in total. The molecule has 1 aliphatic heterocycles. The number of halogens is 1. The van der Waals surface area contributed by atoms with Gasteiger partial charge in [-0.05, 0) is 47.2 Å². The third kappa shape index (κ3) is 6.77.